The van der Waals surface area contributed by atoms with Crippen LogP contribution in [0.3, 0.4) is 0 Å². The number of carbonyl (C=O) groups is 2. The van der Waals surface area contributed by atoms with E-state index in [1.54, 1.807) is 13.8 Å². The highest BCUT2D eigenvalue weighted by Crippen LogP contribution is 2.33. The zero-order valence-electron chi connectivity index (χ0n) is 14.0. The normalized spacial score (nSPS) is 30.3. The summed E-state index contributed by atoms with van der Waals surface area (Å²) in [4.78, 5) is 23.5. The molecule has 1 saturated heterocycles. The lowest BCUT2D eigenvalue weighted by Crippen LogP contribution is -2.35. The maximum absolute atomic E-state index is 12.6. The second-order valence-electron chi connectivity index (χ2n) is 6.08. The van der Waals surface area contributed by atoms with Gasteiger partial charge in [0.1, 0.15) is 4.87 Å². The van der Waals surface area contributed by atoms with E-state index in [-0.39, 0.29) is 13.0 Å². The van der Waals surface area contributed by atoms with Gasteiger partial charge in [-0.2, -0.15) is 0 Å². The Labute approximate surface area is 147 Å². The van der Waals surface area contributed by atoms with E-state index in [1.165, 1.54) is 0 Å². The van der Waals surface area contributed by atoms with Gasteiger partial charge in [-0.15, -0.1) is 11.6 Å². The minimum atomic E-state index is -1.31. The number of esters is 2. The first-order valence-corrected chi connectivity index (χ1v) is 8.51. The van der Waals surface area contributed by atoms with Gasteiger partial charge in [0.25, 0.3) is 0 Å². The predicted molar refractivity (Wildman–Crippen MR) is 89.8 cm³/mol. The summed E-state index contributed by atoms with van der Waals surface area (Å²) in [7, 11) is 0. The SMILES string of the molecule is CC1OCCCCOC(=O)C(C)(Cl)CC(c2ccccc2)C(=O)O1. The zero-order chi connectivity index (χ0) is 17.6. The molecule has 0 amide bonds. The molecular formula is C18H23ClO5. The zero-order valence-corrected chi connectivity index (χ0v) is 14.8. The first-order chi connectivity index (χ1) is 11.4. The predicted octanol–water partition coefficient (Wildman–Crippen LogP) is 3.40. The van der Waals surface area contributed by atoms with Crippen molar-refractivity contribution in [3.05, 3.63) is 35.9 Å². The molecule has 0 aromatic heterocycles. The van der Waals surface area contributed by atoms with Crippen LogP contribution in [-0.4, -0.2) is 36.3 Å². The van der Waals surface area contributed by atoms with E-state index in [1.807, 2.05) is 30.3 Å². The maximum atomic E-state index is 12.6. The van der Waals surface area contributed by atoms with Gasteiger partial charge in [-0.1, -0.05) is 30.3 Å². The topological polar surface area (TPSA) is 61.8 Å². The van der Waals surface area contributed by atoms with Crippen molar-refractivity contribution in [1.29, 1.82) is 0 Å². The Balaban J connectivity index is 2.27. The van der Waals surface area contributed by atoms with Crippen LogP contribution >= 0.6 is 11.6 Å². The summed E-state index contributed by atoms with van der Waals surface area (Å²) in [5.74, 6) is -1.66. The average molecular weight is 355 g/mol. The molecule has 3 unspecified atom stereocenters. The third kappa shape index (κ3) is 5.21. The highest BCUT2D eigenvalue weighted by atomic mass is 35.5. The summed E-state index contributed by atoms with van der Waals surface area (Å²) in [5, 5.41) is 0. The summed E-state index contributed by atoms with van der Waals surface area (Å²) >= 11 is 6.39. The highest BCUT2D eigenvalue weighted by Gasteiger charge is 2.39. The van der Waals surface area contributed by atoms with Crippen molar-refractivity contribution in [3.8, 4) is 0 Å². The Kier molecular flexibility index (Phi) is 6.63. The fourth-order valence-electron chi connectivity index (χ4n) is 2.54. The van der Waals surface area contributed by atoms with E-state index < -0.39 is 29.0 Å². The Hall–Kier alpha value is -1.59. The molecule has 132 valence electrons. The van der Waals surface area contributed by atoms with Crippen LogP contribution in [-0.2, 0) is 23.8 Å². The second kappa shape index (κ2) is 8.49. The van der Waals surface area contributed by atoms with Crippen molar-refractivity contribution in [3.63, 3.8) is 0 Å². The van der Waals surface area contributed by atoms with Gasteiger partial charge < -0.3 is 14.2 Å². The lowest BCUT2D eigenvalue weighted by molar-refractivity contribution is -0.177. The van der Waals surface area contributed by atoms with Crippen LogP contribution in [0, 0.1) is 0 Å². The van der Waals surface area contributed by atoms with Crippen LogP contribution < -0.4 is 0 Å². The Morgan fingerprint density at radius 1 is 1.12 bits per heavy atom. The van der Waals surface area contributed by atoms with Crippen LogP contribution in [0.25, 0.3) is 0 Å². The number of cyclic esters (lactones) is 2. The molecular weight excluding hydrogens is 332 g/mol. The minimum Gasteiger partial charge on any atom is -0.464 e. The molecule has 0 bridgehead atoms. The first kappa shape index (κ1) is 18.7. The maximum Gasteiger partial charge on any atom is 0.326 e. The molecule has 6 heteroatoms. The fourth-order valence-corrected chi connectivity index (χ4v) is 2.75. The smallest absolute Gasteiger partial charge is 0.326 e. The number of benzene rings is 1. The fraction of sp³-hybridized carbons (Fsp3) is 0.556. The Morgan fingerprint density at radius 3 is 2.50 bits per heavy atom. The molecule has 1 aliphatic heterocycles. The van der Waals surface area contributed by atoms with Crippen molar-refractivity contribution in [2.75, 3.05) is 13.2 Å². The van der Waals surface area contributed by atoms with Gasteiger partial charge in [0.2, 0.25) is 0 Å². The average Bonchev–Trinajstić information content (AvgIpc) is 2.56. The van der Waals surface area contributed by atoms with E-state index >= 15 is 0 Å². The number of carbonyl (C=O) groups excluding carboxylic acids is 2. The number of halogens is 1. The Morgan fingerprint density at radius 2 is 1.79 bits per heavy atom. The van der Waals surface area contributed by atoms with Crippen molar-refractivity contribution in [1.82, 2.24) is 0 Å². The number of hydrogen-bond acceptors (Lipinski definition) is 5. The molecule has 2 rings (SSSR count). The van der Waals surface area contributed by atoms with Crippen molar-refractivity contribution in [2.45, 2.75) is 50.2 Å². The minimum absolute atomic E-state index is 0.0863. The number of rotatable bonds is 1. The molecule has 0 spiro atoms. The van der Waals surface area contributed by atoms with Gasteiger partial charge in [-0.25, -0.2) is 0 Å². The molecule has 0 saturated carbocycles. The number of alkyl halides is 1. The third-order valence-electron chi connectivity index (χ3n) is 3.91. The largest absolute Gasteiger partial charge is 0.464 e. The van der Waals surface area contributed by atoms with Crippen LogP contribution in [0.2, 0.25) is 0 Å². The van der Waals surface area contributed by atoms with Crippen LogP contribution in [0.15, 0.2) is 30.3 Å². The standard InChI is InChI=1S/C18H23ClO5/c1-13-22-10-6-7-11-23-17(21)18(2,19)12-15(16(20)24-13)14-8-4-3-5-9-14/h3-5,8-9,13,15H,6-7,10-12H2,1-2H3. The van der Waals surface area contributed by atoms with Crippen LogP contribution in [0.1, 0.15) is 44.6 Å². The summed E-state index contributed by atoms with van der Waals surface area (Å²) in [6.07, 6.45) is 0.809. The van der Waals surface area contributed by atoms with Crippen molar-refractivity contribution in [2.24, 2.45) is 0 Å². The molecule has 1 aromatic carbocycles. The monoisotopic (exact) mass is 354 g/mol. The van der Waals surface area contributed by atoms with Crippen LogP contribution in [0.4, 0.5) is 0 Å². The van der Waals surface area contributed by atoms with E-state index in [9.17, 15) is 9.59 Å². The number of ether oxygens (including phenoxy) is 3. The van der Waals surface area contributed by atoms with E-state index in [2.05, 4.69) is 0 Å². The molecule has 0 N–H and O–H groups in total. The van der Waals surface area contributed by atoms with Gasteiger partial charge in [-0.3, -0.25) is 9.59 Å². The molecule has 1 aromatic rings. The molecule has 24 heavy (non-hydrogen) atoms. The van der Waals surface area contributed by atoms with Crippen molar-refractivity contribution < 1.29 is 23.8 Å². The molecule has 1 aliphatic rings. The summed E-state index contributed by atoms with van der Waals surface area (Å²) in [5.41, 5.74) is 0.740. The van der Waals surface area contributed by atoms with Gasteiger partial charge >= 0.3 is 11.9 Å². The van der Waals surface area contributed by atoms with Gasteiger partial charge in [0.05, 0.1) is 19.1 Å². The third-order valence-corrected chi connectivity index (χ3v) is 4.21. The van der Waals surface area contributed by atoms with Gasteiger partial charge in [0.15, 0.2) is 6.29 Å². The van der Waals surface area contributed by atoms with E-state index in [0.717, 1.165) is 5.56 Å². The summed E-state index contributed by atoms with van der Waals surface area (Å²) in [6, 6.07) is 9.14. The molecule has 1 heterocycles. The Bertz CT molecular complexity index is 558. The van der Waals surface area contributed by atoms with Gasteiger partial charge in [-0.05, 0) is 38.7 Å². The first-order valence-electron chi connectivity index (χ1n) is 8.13. The quantitative estimate of drug-likeness (QED) is 0.571. The lowest BCUT2D eigenvalue weighted by Gasteiger charge is -2.26. The molecule has 0 aliphatic carbocycles. The molecule has 5 nitrogen and oxygen atoms in total. The van der Waals surface area contributed by atoms with E-state index in [0.29, 0.717) is 19.4 Å². The molecule has 3 atom stereocenters. The van der Waals surface area contributed by atoms with Crippen molar-refractivity contribution >= 4 is 23.5 Å². The van der Waals surface area contributed by atoms with Crippen LogP contribution in [0.5, 0.6) is 0 Å². The lowest BCUT2D eigenvalue weighted by atomic mass is 9.89. The number of hydrogen-bond donors (Lipinski definition) is 0. The summed E-state index contributed by atoms with van der Waals surface area (Å²) in [6.45, 7) is 3.96. The summed E-state index contributed by atoms with van der Waals surface area (Å²) < 4.78 is 16.1. The molecule has 1 fully saturated rings. The second-order valence-corrected chi connectivity index (χ2v) is 6.92. The van der Waals surface area contributed by atoms with E-state index in [4.69, 9.17) is 25.8 Å². The highest BCUT2D eigenvalue weighted by molar-refractivity contribution is 6.33. The van der Waals surface area contributed by atoms with Gasteiger partial charge in [0, 0.05) is 0 Å². The molecule has 0 radical (unpaired) electrons.